The van der Waals surface area contributed by atoms with Gasteiger partial charge < -0.3 is 10.1 Å². The van der Waals surface area contributed by atoms with Crippen LogP contribution in [0.1, 0.15) is 46.9 Å². The molecule has 1 N–H and O–H groups in total. The number of nitrogens with zero attached hydrogens (tertiary/aromatic N) is 2. The fraction of sp³-hybridized carbons (Fsp3) is 0.476. The van der Waals surface area contributed by atoms with Crippen LogP contribution < -0.4 is 5.32 Å². The number of carbonyl (C=O) groups is 2. The monoisotopic (exact) mass is 465 g/mol. The summed E-state index contributed by atoms with van der Waals surface area (Å²) >= 11 is 1.15. The van der Waals surface area contributed by atoms with Crippen LogP contribution in [-0.2, 0) is 19.6 Å². The van der Waals surface area contributed by atoms with Crippen molar-refractivity contribution in [1.82, 2.24) is 9.29 Å². The van der Waals surface area contributed by atoms with Crippen LogP contribution in [0.2, 0.25) is 0 Å². The third-order valence-electron chi connectivity index (χ3n) is 5.25. The lowest BCUT2D eigenvalue weighted by molar-refractivity contribution is -0.120. The van der Waals surface area contributed by atoms with Gasteiger partial charge in [-0.25, -0.2) is 18.2 Å². The van der Waals surface area contributed by atoms with E-state index in [0.717, 1.165) is 28.0 Å². The van der Waals surface area contributed by atoms with E-state index >= 15 is 0 Å². The number of anilines is 1. The highest BCUT2D eigenvalue weighted by molar-refractivity contribution is 7.89. The van der Waals surface area contributed by atoms with Gasteiger partial charge in [-0.05, 0) is 51.7 Å². The Hall–Kier alpha value is -2.30. The number of aromatic nitrogens is 1. The number of esters is 1. The molecule has 1 aromatic heterocycles. The SMILES string of the molecule is CCOC(=O)c1csc(NC(=O)C2CCN(S(=O)(=O)c3c(C)cc(C)cc3C)CC2)n1. The fourth-order valence-electron chi connectivity index (χ4n) is 3.90. The summed E-state index contributed by atoms with van der Waals surface area (Å²) in [6.45, 7) is 8.08. The van der Waals surface area contributed by atoms with Crippen molar-refractivity contribution in [3.05, 3.63) is 39.9 Å². The van der Waals surface area contributed by atoms with E-state index < -0.39 is 16.0 Å². The summed E-state index contributed by atoms with van der Waals surface area (Å²) in [6.07, 6.45) is 0.844. The topological polar surface area (TPSA) is 106 Å². The van der Waals surface area contributed by atoms with Crippen LogP contribution in [-0.4, -0.2) is 49.3 Å². The Bertz CT molecular complexity index is 1060. The van der Waals surface area contributed by atoms with Crippen LogP contribution in [0.15, 0.2) is 22.4 Å². The summed E-state index contributed by atoms with van der Waals surface area (Å²) in [5.74, 6) is -1.06. The zero-order valence-corrected chi connectivity index (χ0v) is 19.7. The fourth-order valence-corrected chi connectivity index (χ4v) is 6.46. The number of benzene rings is 1. The molecule has 1 aliphatic heterocycles. The Labute approximate surface area is 186 Å². The van der Waals surface area contributed by atoms with Crippen LogP contribution in [0, 0.1) is 26.7 Å². The van der Waals surface area contributed by atoms with Crippen molar-refractivity contribution in [3.63, 3.8) is 0 Å². The minimum absolute atomic E-state index is 0.159. The van der Waals surface area contributed by atoms with E-state index in [4.69, 9.17) is 4.74 Å². The number of nitrogens with one attached hydrogen (secondary N) is 1. The average Bonchev–Trinajstić information content (AvgIpc) is 3.16. The van der Waals surface area contributed by atoms with E-state index in [1.54, 1.807) is 6.92 Å². The molecular weight excluding hydrogens is 438 g/mol. The van der Waals surface area contributed by atoms with Crippen LogP contribution in [0.5, 0.6) is 0 Å². The first-order chi connectivity index (χ1) is 14.6. The molecular formula is C21H27N3O5S2. The molecule has 2 heterocycles. The predicted octanol–water partition coefficient (Wildman–Crippen LogP) is 3.28. The van der Waals surface area contributed by atoms with Crippen molar-refractivity contribution in [1.29, 1.82) is 0 Å². The smallest absolute Gasteiger partial charge is 0.357 e. The van der Waals surface area contributed by atoms with Gasteiger partial charge >= 0.3 is 5.97 Å². The van der Waals surface area contributed by atoms with Crippen molar-refractivity contribution in [3.8, 4) is 0 Å². The molecule has 8 nitrogen and oxygen atoms in total. The molecule has 1 aliphatic rings. The number of ether oxygens (including phenoxy) is 1. The Kier molecular flexibility index (Phi) is 7.13. The summed E-state index contributed by atoms with van der Waals surface area (Å²) in [7, 11) is -3.62. The molecule has 168 valence electrons. The van der Waals surface area contributed by atoms with Gasteiger partial charge in [-0.1, -0.05) is 17.7 Å². The Morgan fingerprint density at radius 2 is 1.81 bits per heavy atom. The van der Waals surface area contributed by atoms with E-state index in [2.05, 4.69) is 10.3 Å². The zero-order chi connectivity index (χ0) is 22.8. The van der Waals surface area contributed by atoms with Crippen LogP contribution in [0.25, 0.3) is 0 Å². The van der Waals surface area contributed by atoms with Crippen LogP contribution >= 0.6 is 11.3 Å². The molecule has 10 heteroatoms. The molecule has 2 aromatic rings. The molecule has 0 bridgehead atoms. The number of sulfonamides is 1. The first kappa shape index (κ1) is 23.4. The largest absolute Gasteiger partial charge is 0.461 e. The number of aryl methyl sites for hydroxylation is 3. The van der Waals surface area contributed by atoms with E-state index in [-0.39, 0.29) is 37.2 Å². The van der Waals surface area contributed by atoms with Crippen molar-refractivity contribution >= 4 is 38.4 Å². The first-order valence-corrected chi connectivity index (χ1v) is 12.5. The van der Waals surface area contributed by atoms with E-state index in [1.807, 2.05) is 32.9 Å². The van der Waals surface area contributed by atoms with Gasteiger partial charge in [0.1, 0.15) is 0 Å². The van der Waals surface area contributed by atoms with Gasteiger partial charge in [0.15, 0.2) is 10.8 Å². The molecule has 1 saturated heterocycles. The van der Waals surface area contributed by atoms with Gasteiger partial charge in [-0.15, -0.1) is 11.3 Å². The molecule has 0 spiro atoms. The van der Waals surface area contributed by atoms with Gasteiger partial charge in [0.25, 0.3) is 0 Å². The number of hydrogen-bond donors (Lipinski definition) is 1. The highest BCUT2D eigenvalue weighted by Crippen LogP contribution is 2.29. The molecule has 0 radical (unpaired) electrons. The lowest BCUT2D eigenvalue weighted by atomic mass is 9.97. The molecule has 1 fully saturated rings. The summed E-state index contributed by atoms with van der Waals surface area (Å²) in [6, 6.07) is 3.75. The van der Waals surface area contributed by atoms with E-state index in [9.17, 15) is 18.0 Å². The van der Waals surface area contributed by atoms with Crippen molar-refractivity contribution in [2.75, 3.05) is 25.0 Å². The Morgan fingerprint density at radius 3 is 2.39 bits per heavy atom. The summed E-state index contributed by atoms with van der Waals surface area (Å²) in [5, 5.41) is 4.60. The maximum absolute atomic E-state index is 13.2. The van der Waals surface area contributed by atoms with E-state index in [1.165, 1.54) is 9.69 Å². The minimum atomic E-state index is -3.62. The van der Waals surface area contributed by atoms with Gasteiger partial charge in [-0.3, -0.25) is 4.79 Å². The maximum Gasteiger partial charge on any atom is 0.357 e. The minimum Gasteiger partial charge on any atom is -0.461 e. The summed E-state index contributed by atoms with van der Waals surface area (Å²) < 4.78 is 32.8. The second-order valence-electron chi connectivity index (χ2n) is 7.65. The molecule has 0 aliphatic carbocycles. The number of rotatable bonds is 6. The Morgan fingerprint density at radius 1 is 1.19 bits per heavy atom. The van der Waals surface area contributed by atoms with E-state index in [0.29, 0.717) is 22.9 Å². The lowest BCUT2D eigenvalue weighted by Crippen LogP contribution is -2.41. The standard InChI is InChI=1S/C21H27N3O5S2/c1-5-29-20(26)17-12-30-21(22-17)23-19(25)16-6-8-24(9-7-16)31(27,28)18-14(3)10-13(2)11-15(18)4/h10-12,16H,5-9H2,1-4H3,(H,22,23,25). The summed E-state index contributed by atoms with van der Waals surface area (Å²) in [5.41, 5.74) is 2.65. The quantitative estimate of drug-likeness (QED) is 0.657. The molecule has 0 unspecified atom stereocenters. The second-order valence-corrected chi connectivity index (χ2v) is 10.4. The average molecular weight is 466 g/mol. The summed E-state index contributed by atoms with van der Waals surface area (Å²) in [4.78, 5) is 28.8. The highest BCUT2D eigenvalue weighted by atomic mass is 32.2. The molecule has 0 saturated carbocycles. The van der Waals surface area contributed by atoms with Crippen molar-refractivity contribution in [2.45, 2.75) is 45.4 Å². The number of piperidine rings is 1. The molecule has 0 atom stereocenters. The highest BCUT2D eigenvalue weighted by Gasteiger charge is 2.34. The normalized spacial score (nSPS) is 15.6. The van der Waals surface area contributed by atoms with Gasteiger partial charge in [0.2, 0.25) is 15.9 Å². The third-order valence-corrected chi connectivity index (χ3v) is 8.21. The van der Waals surface area contributed by atoms with Crippen LogP contribution in [0.3, 0.4) is 0 Å². The van der Waals surface area contributed by atoms with Crippen molar-refractivity contribution in [2.24, 2.45) is 5.92 Å². The molecule has 31 heavy (non-hydrogen) atoms. The Balaban J connectivity index is 1.63. The molecule has 3 rings (SSSR count). The van der Waals surface area contributed by atoms with Crippen molar-refractivity contribution < 1.29 is 22.7 Å². The number of thiazole rings is 1. The van der Waals surface area contributed by atoms with Crippen LogP contribution in [0.4, 0.5) is 5.13 Å². The predicted molar refractivity (Wildman–Crippen MR) is 119 cm³/mol. The number of hydrogen-bond acceptors (Lipinski definition) is 7. The second kappa shape index (κ2) is 9.46. The molecule has 1 aromatic carbocycles. The third kappa shape index (κ3) is 5.13. The van der Waals surface area contributed by atoms with Gasteiger partial charge in [0.05, 0.1) is 11.5 Å². The van der Waals surface area contributed by atoms with Gasteiger partial charge in [0, 0.05) is 24.4 Å². The zero-order valence-electron chi connectivity index (χ0n) is 18.1. The van der Waals surface area contributed by atoms with Gasteiger partial charge in [-0.2, -0.15) is 4.31 Å². The number of amides is 1. The maximum atomic E-state index is 13.2. The molecule has 1 amide bonds. The first-order valence-electron chi connectivity index (χ1n) is 10.1. The number of carbonyl (C=O) groups excluding carboxylic acids is 2. The lowest BCUT2D eigenvalue weighted by Gasteiger charge is -2.31.